The van der Waals surface area contributed by atoms with Gasteiger partial charge in [0.05, 0.1) is 4.92 Å². The fourth-order valence-corrected chi connectivity index (χ4v) is 3.46. The molecule has 0 radical (unpaired) electrons. The Morgan fingerprint density at radius 1 is 1.38 bits per heavy atom. The second-order valence-electron chi connectivity index (χ2n) is 6.42. The van der Waals surface area contributed by atoms with Crippen molar-refractivity contribution in [3.8, 4) is 0 Å². The van der Waals surface area contributed by atoms with Gasteiger partial charge in [0.2, 0.25) is 0 Å². The normalized spacial score (nSPS) is 23.7. The highest BCUT2D eigenvalue weighted by molar-refractivity contribution is 5.41. The number of nitro groups is 1. The maximum atomic E-state index is 11.1. The lowest BCUT2D eigenvalue weighted by Crippen LogP contribution is -2.24. The van der Waals surface area contributed by atoms with Gasteiger partial charge in [0, 0.05) is 17.7 Å². The Bertz CT molecular complexity index is 476. The van der Waals surface area contributed by atoms with Crippen molar-refractivity contribution in [3.63, 3.8) is 0 Å². The molecule has 1 N–H and O–H groups in total. The Balaban J connectivity index is 1.84. The number of para-hydroxylation sites is 1. The molecule has 4 heteroatoms. The SMILES string of the molecule is CC1CCCC(CCNC(C)c2ccccc2[N+](=O)[O-])C1. The van der Waals surface area contributed by atoms with Crippen molar-refractivity contribution in [2.45, 2.75) is 52.0 Å². The fourth-order valence-electron chi connectivity index (χ4n) is 3.46. The van der Waals surface area contributed by atoms with Crippen molar-refractivity contribution in [2.24, 2.45) is 11.8 Å². The zero-order valence-electron chi connectivity index (χ0n) is 13.0. The van der Waals surface area contributed by atoms with Crippen LogP contribution in [-0.2, 0) is 0 Å². The van der Waals surface area contributed by atoms with Gasteiger partial charge in [-0.15, -0.1) is 0 Å². The predicted octanol–water partition coefficient (Wildman–Crippen LogP) is 4.46. The Labute approximate surface area is 127 Å². The lowest BCUT2D eigenvalue weighted by atomic mass is 9.81. The van der Waals surface area contributed by atoms with Crippen LogP contribution in [0.15, 0.2) is 24.3 Å². The molecule has 2 rings (SSSR count). The monoisotopic (exact) mass is 290 g/mol. The number of nitrogens with one attached hydrogen (secondary N) is 1. The first-order valence-electron chi connectivity index (χ1n) is 8.04. The molecule has 0 aromatic heterocycles. The minimum absolute atomic E-state index is 0.0209. The summed E-state index contributed by atoms with van der Waals surface area (Å²) in [6.07, 6.45) is 6.57. The first kappa shape index (κ1) is 16.0. The van der Waals surface area contributed by atoms with Crippen molar-refractivity contribution in [1.29, 1.82) is 0 Å². The van der Waals surface area contributed by atoms with Crippen LogP contribution in [0.2, 0.25) is 0 Å². The first-order chi connectivity index (χ1) is 10.1. The Morgan fingerprint density at radius 2 is 2.14 bits per heavy atom. The lowest BCUT2D eigenvalue weighted by Gasteiger charge is -2.27. The highest BCUT2D eigenvalue weighted by Gasteiger charge is 2.20. The molecule has 21 heavy (non-hydrogen) atoms. The summed E-state index contributed by atoms with van der Waals surface area (Å²) in [6.45, 7) is 5.28. The number of benzene rings is 1. The number of nitrogens with zero attached hydrogens (tertiary/aromatic N) is 1. The molecular formula is C17H26N2O2. The maximum absolute atomic E-state index is 11.1. The standard InChI is InChI=1S/C17H26N2O2/c1-13-6-5-7-15(12-13)10-11-18-14(2)16-8-3-4-9-17(16)19(20)21/h3-4,8-9,13-15,18H,5-7,10-12H2,1-2H3. The van der Waals surface area contributed by atoms with Crippen LogP contribution < -0.4 is 5.32 Å². The molecule has 3 atom stereocenters. The van der Waals surface area contributed by atoms with Crippen LogP contribution in [0.25, 0.3) is 0 Å². The van der Waals surface area contributed by atoms with Gasteiger partial charge in [-0.2, -0.15) is 0 Å². The summed E-state index contributed by atoms with van der Waals surface area (Å²) in [5.74, 6) is 1.68. The molecule has 1 fully saturated rings. The van der Waals surface area contributed by atoms with Gasteiger partial charge in [-0.25, -0.2) is 0 Å². The van der Waals surface area contributed by atoms with Crippen molar-refractivity contribution in [2.75, 3.05) is 6.54 Å². The third-order valence-electron chi connectivity index (χ3n) is 4.65. The molecule has 1 aromatic carbocycles. The third-order valence-corrected chi connectivity index (χ3v) is 4.65. The lowest BCUT2D eigenvalue weighted by molar-refractivity contribution is -0.385. The second-order valence-corrected chi connectivity index (χ2v) is 6.42. The van der Waals surface area contributed by atoms with Gasteiger partial charge in [0.25, 0.3) is 5.69 Å². The van der Waals surface area contributed by atoms with E-state index < -0.39 is 0 Å². The predicted molar refractivity (Wildman–Crippen MR) is 85.3 cm³/mol. The summed E-state index contributed by atoms with van der Waals surface area (Å²) in [4.78, 5) is 10.8. The summed E-state index contributed by atoms with van der Waals surface area (Å²) in [5, 5.41) is 14.5. The summed E-state index contributed by atoms with van der Waals surface area (Å²) in [6, 6.07) is 7.03. The zero-order valence-corrected chi connectivity index (χ0v) is 13.0. The van der Waals surface area contributed by atoms with Crippen LogP contribution in [0.3, 0.4) is 0 Å². The minimum Gasteiger partial charge on any atom is -0.310 e. The van der Waals surface area contributed by atoms with Gasteiger partial charge in [0.1, 0.15) is 0 Å². The summed E-state index contributed by atoms with van der Waals surface area (Å²) in [5.41, 5.74) is 0.989. The maximum Gasteiger partial charge on any atom is 0.274 e. The molecule has 0 amide bonds. The summed E-state index contributed by atoms with van der Waals surface area (Å²) in [7, 11) is 0. The zero-order chi connectivity index (χ0) is 15.2. The third kappa shape index (κ3) is 4.53. The van der Waals surface area contributed by atoms with Gasteiger partial charge in [-0.3, -0.25) is 10.1 Å². The van der Waals surface area contributed by atoms with Crippen LogP contribution in [-0.4, -0.2) is 11.5 Å². The van der Waals surface area contributed by atoms with Gasteiger partial charge in [-0.05, 0) is 38.1 Å². The average Bonchev–Trinajstić information content (AvgIpc) is 2.47. The van der Waals surface area contributed by atoms with E-state index in [0.717, 1.165) is 23.9 Å². The molecule has 1 saturated carbocycles. The molecule has 1 aliphatic rings. The Morgan fingerprint density at radius 3 is 2.86 bits per heavy atom. The van der Waals surface area contributed by atoms with E-state index in [1.807, 2.05) is 19.1 Å². The van der Waals surface area contributed by atoms with Crippen LogP contribution >= 0.6 is 0 Å². The Kier molecular flexibility index (Phi) is 5.74. The molecule has 0 saturated heterocycles. The molecule has 1 aromatic rings. The smallest absolute Gasteiger partial charge is 0.274 e. The highest BCUT2D eigenvalue weighted by Crippen LogP contribution is 2.30. The van der Waals surface area contributed by atoms with Crippen molar-refractivity contribution >= 4 is 5.69 Å². The molecule has 3 unspecified atom stereocenters. The first-order valence-corrected chi connectivity index (χ1v) is 8.04. The molecule has 4 nitrogen and oxygen atoms in total. The quantitative estimate of drug-likeness (QED) is 0.621. The van der Waals surface area contributed by atoms with E-state index >= 15 is 0 Å². The molecule has 0 bridgehead atoms. The molecule has 116 valence electrons. The summed E-state index contributed by atoms with van der Waals surface area (Å²) >= 11 is 0. The van der Waals surface area contributed by atoms with Crippen LogP contribution in [0, 0.1) is 22.0 Å². The van der Waals surface area contributed by atoms with Crippen LogP contribution in [0.4, 0.5) is 5.69 Å². The van der Waals surface area contributed by atoms with Gasteiger partial charge >= 0.3 is 0 Å². The minimum atomic E-state index is -0.295. The van der Waals surface area contributed by atoms with Crippen molar-refractivity contribution in [3.05, 3.63) is 39.9 Å². The molecule has 1 aliphatic carbocycles. The van der Waals surface area contributed by atoms with Gasteiger partial charge in [-0.1, -0.05) is 44.4 Å². The van der Waals surface area contributed by atoms with E-state index in [0.29, 0.717) is 0 Å². The highest BCUT2D eigenvalue weighted by atomic mass is 16.6. The number of nitro benzene ring substituents is 1. The van der Waals surface area contributed by atoms with E-state index in [-0.39, 0.29) is 16.7 Å². The van der Waals surface area contributed by atoms with Crippen LogP contribution in [0.1, 0.15) is 57.6 Å². The fraction of sp³-hybridized carbons (Fsp3) is 0.647. The molecule has 0 aliphatic heterocycles. The van der Waals surface area contributed by atoms with Crippen molar-refractivity contribution in [1.82, 2.24) is 5.32 Å². The van der Waals surface area contributed by atoms with Crippen molar-refractivity contribution < 1.29 is 4.92 Å². The number of rotatable bonds is 6. The topological polar surface area (TPSA) is 55.2 Å². The van der Waals surface area contributed by atoms with Crippen LogP contribution in [0.5, 0.6) is 0 Å². The number of hydrogen-bond acceptors (Lipinski definition) is 3. The Hall–Kier alpha value is -1.42. The largest absolute Gasteiger partial charge is 0.310 e. The van der Waals surface area contributed by atoms with E-state index in [1.54, 1.807) is 12.1 Å². The molecule has 0 spiro atoms. The molecule has 0 heterocycles. The average molecular weight is 290 g/mol. The second kappa shape index (κ2) is 7.55. The number of hydrogen-bond donors (Lipinski definition) is 1. The van der Waals surface area contributed by atoms with E-state index in [4.69, 9.17) is 0 Å². The van der Waals surface area contributed by atoms with E-state index in [1.165, 1.54) is 32.1 Å². The molecular weight excluding hydrogens is 264 g/mol. The van der Waals surface area contributed by atoms with Gasteiger partial charge < -0.3 is 5.32 Å². The van der Waals surface area contributed by atoms with E-state index in [9.17, 15) is 10.1 Å². The van der Waals surface area contributed by atoms with Gasteiger partial charge in [0.15, 0.2) is 0 Å². The van der Waals surface area contributed by atoms with E-state index in [2.05, 4.69) is 12.2 Å². The summed E-state index contributed by atoms with van der Waals surface area (Å²) < 4.78 is 0.